The Bertz CT molecular complexity index is 378. The predicted molar refractivity (Wildman–Crippen MR) is 72.4 cm³/mol. The number of carbonyl (C=O) groups excluding carboxylic acids is 1. The Morgan fingerprint density at radius 2 is 1.56 bits per heavy atom. The highest BCUT2D eigenvalue weighted by Crippen LogP contribution is 2.20. The van der Waals surface area contributed by atoms with Crippen molar-refractivity contribution in [2.24, 2.45) is 0 Å². The number of ether oxygens (including phenoxy) is 1. The summed E-state index contributed by atoms with van der Waals surface area (Å²) in [5.41, 5.74) is 6.85. The zero-order valence-corrected chi connectivity index (χ0v) is 10.7. The number of nitrogen functional groups attached to an aromatic ring is 1. The minimum Gasteiger partial charge on any atom is -0.459 e. The van der Waals surface area contributed by atoms with E-state index < -0.39 is 0 Å². The first-order valence-electron chi connectivity index (χ1n) is 6.82. The van der Waals surface area contributed by atoms with Crippen molar-refractivity contribution in [3.63, 3.8) is 0 Å². The largest absolute Gasteiger partial charge is 0.459 e. The van der Waals surface area contributed by atoms with Crippen LogP contribution in [0.25, 0.3) is 0 Å². The lowest BCUT2D eigenvalue weighted by molar-refractivity contribution is 0.0239. The molecule has 1 aliphatic carbocycles. The fourth-order valence-corrected chi connectivity index (χ4v) is 2.38. The van der Waals surface area contributed by atoms with E-state index in [0.29, 0.717) is 11.3 Å². The average molecular weight is 247 g/mol. The van der Waals surface area contributed by atoms with Crippen LogP contribution < -0.4 is 5.73 Å². The Kier molecular flexibility index (Phi) is 4.62. The summed E-state index contributed by atoms with van der Waals surface area (Å²) < 4.78 is 5.57. The lowest BCUT2D eigenvalue weighted by Crippen LogP contribution is -2.19. The molecule has 3 nitrogen and oxygen atoms in total. The van der Waals surface area contributed by atoms with Crippen molar-refractivity contribution in [3.05, 3.63) is 29.8 Å². The van der Waals surface area contributed by atoms with Crippen LogP contribution in [0.4, 0.5) is 5.69 Å². The second-order valence-corrected chi connectivity index (χ2v) is 4.99. The second kappa shape index (κ2) is 6.43. The highest BCUT2D eigenvalue weighted by atomic mass is 16.5. The van der Waals surface area contributed by atoms with Crippen LogP contribution >= 0.6 is 0 Å². The number of esters is 1. The number of hydrogen-bond acceptors (Lipinski definition) is 3. The molecule has 0 bridgehead atoms. The number of hydrogen-bond donors (Lipinski definition) is 1. The van der Waals surface area contributed by atoms with E-state index in [1.54, 1.807) is 24.3 Å². The van der Waals surface area contributed by atoms with Crippen LogP contribution in [0.5, 0.6) is 0 Å². The van der Waals surface area contributed by atoms with Gasteiger partial charge in [0.05, 0.1) is 5.56 Å². The highest BCUT2D eigenvalue weighted by molar-refractivity contribution is 5.89. The van der Waals surface area contributed by atoms with Crippen molar-refractivity contribution < 1.29 is 9.53 Å². The molecule has 1 saturated carbocycles. The van der Waals surface area contributed by atoms with Gasteiger partial charge in [-0.15, -0.1) is 0 Å². The van der Waals surface area contributed by atoms with Gasteiger partial charge in [0, 0.05) is 5.69 Å². The maximum absolute atomic E-state index is 12.0. The molecule has 0 amide bonds. The molecule has 2 N–H and O–H groups in total. The average Bonchev–Trinajstić information content (AvgIpc) is 2.33. The van der Waals surface area contributed by atoms with E-state index in [4.69, 9.17) is 10.5 Å². The highest BCUT2D eigenvalue weighted by Gasteiger charge is 2.16. The van der Waals surface area contributed by atoms with Crippen LogP contribution in [0.15, 0.2) is 24.3 Å². The van der Waals surface area contributed by atoms with Crippen LogP contribution in [-0.4, -0.2) is 12.1 Å². The zero-order valence-electron chi connectivity index (χ0n) is 10.7. The smallest absolute Gasteiger partial charge is 0.338 e. The molecule has 0 atom stereocenters. The summed E-state index contributed by atoms with van der Waals surface area (Å²) in [5, 5.41) is 0. The van der Waals surface area contributed by atoms with Gasteiger partial charge in [-0.2, -0.15) is 0 Å². The molecule has 1 aromatic carbocycles. The third-order valence-electron chi connectivity index (χ3n) is 3.47. The molecular weight excluding hydrogens is 226 g/mol. The maximum atomic E-state index is 12.0. The fourth-order valence-electron chi connectivity index (χ4n) is 2.38. The molecule has 3 heteroatoms. The van der Waals surface area contributed by atoms with E-state index in [1.165, 1.54) is 32.1 Å². The Morgan fingerprint density at radius 1 is 1.00 bits per heavy atom. The molecule has 0 heterocycles. The molecule has 1 fully saturated rings. The van der Waals surface area contributed by atoms with Crippen molar-refractivity contribution in [1.82, 2.24) is 0 Å². The van der Waals surface area contributed by atoms with E-state index >= 15 is 0 Å². The van der Waals surface area contributed by atoms with E-state index in [-0.39, 0.29) is 12.1 Å². The summed E-state index contributed by atoms with van der Waals surface area (Å²) in [6.45, 7) is 0. The van der Waals surface area contributed by atoms with Gasteiger partial charge >= 0.3 is 5.97 Å². The minimum absolute atomic E-state index is 0.0929. The molecule has 0 aromatic heterocycles. The summed E-state index contributed by atoms with van der Waals surface area (Å²) in [5.74, 6) is -0.222. The van der Waals surface area contributed by atoms with Crippen molar-refractivity contribution in [3.8, 4) is 0 Å². The topological polar surface area (TPSA) is 52.3 Å². The quantitative estimate of drug-likeness (QED) is 0.642. The first-order valence-corrected chi connectivity index (χ1v) is 6.82. The monoisotopic (exact) mass is 247 g/mol. The molecule has 0 spiro atoms. The van der Waals surface area contributed by atoms with Crippen LogP contribution in [0.1, 0.15) is 55.3 Å². The van der Waals surface area contributed by atoms with Gasteiger partial charge in [0.1, 0.15) is 6.10 Å². The zero-order chi connectivity index (χ0) is 12.8. The van der Waals surface area contributed by atoms with Crippen LogP contribution in [0.3, 0.4) is 0 Å². The maximum Gasteiger partial charge on any atom is 0.338 e. The standard InChI is InChI=1S/C15H21NO2/c16-13-10-8-12(9-11-13)15(17)18-14-6-4-2-1-3-5-7-14/h8-11,14H,1-7,16H2. The van der Waals surface area contributed by atoms with Gasteiger partial charge in [0.25, 0.3) is 0 Å². The molecule has 2 rings (SSSR count). The predicted octanol–water partition coefficient (Wildman–Crippen LogP) is 3.54. The molecular formula is C15H21NO2. The Labute approximate surface area is 108 Å². The van der Waals surface area contributed by atoms with Crippen LogP contribution in [0, 0.1) is 0 Å². The van der Waals surface area contributed by atoms with Crippen molar-refractivity contribution in [2.45, 2.75) is 51.0 Å². The number of rotatable bonds is 2. The molecule has 1 aromatic rings. The summed E-state index contributed by atoms with van der Waals surface area (Å²) in [6.07, 6.45) is 8.26. The summed E-state index contributed by atoms with van der Waals surface area (Å²) in [4.78, 5) is 12.0. The normalized spacial score (nSPS) is 17.8. The lowest BCUT2D eigenvalue weighted by Gasteiger charge is -2.20. The first kappa shape index (κ1) is 12.9. The number of anilines is 1. The summed E-state index contributed by atoms with van der Waals surface area (Å²) >= 11 is 0. The summed E-state index contributed by atoms with van der Waals surface area (Å²) in [6, 6.07) is 6.91. The lowest BCUT2D eigenvalue weighted by atomic mass is 9.98. The molecule has 18 heavy (non-hydrogen) atoms. The summed E-state index contributed by atoms with van der Waals surface area (Å²) in [7, 11) is 0. The van der Waals surface area contributed by atoms with Gasteiger partial charge in [-0.1, -0.05) is 19.3 Å². The Balaban J connectivity index is 1.91. The van der Waals surface area contributed by atoms with Gasteiger partial charge in [-0.05, 0) is 49.9 Å². The Hall–Kier alpha value is -1.51. The molecule has 0 unspecified atom stereocenters. The minimum atomic E-state index is -0.222. The number of benzene rings is 1. The fraction of sp³-hybridized carbons (Fsp3) is 0.533. The van der Waals surface area contributed by atoms with Gasteiger partial charge in [0.2, 0.25) is 0 Å². The van der Waals surface area contributed by atoms with Crippen LogP contribution in [0.2, 0.25) is 0 Å². The van der Waals surface area contributed by atoms with Gasteiger partial charge < -0.3 is 10.5 Å². The first-order chi connectivity index (χ1) is 8.75. The number of nitrogens with two attached hydrogens (primary N) is 1. The van der Waals surface area contributed by atoms with Crippen molar-refractivity contribution in [2.75, 3.05) is 5.73 Å². The second-order valence-electron chi connectivity index (χ2n) is 4.99. The molecule has 98 valence electrons. The third kappa shape index (κ3) is 3.76. The van der Waals surface area contributed by atoms with Crippen molar-refractivity contribution in [1.29, 1.82) is 0 Å². The van der Waals surface area contributed by atoms with Crippen molar-refractivity contribution >= 4 is 11.7 Å². The molecule has 0 aliphatic heterocycles. The SMILES string of the molecule is Nc1ccc(C(=O)OC2CCCCCCC2)cc1. The van der Waals surface area contributed by atoms with E-state index in [1.807, 2.05) is 0 Å². The Morgan fingerprint density at radius 3 is 2.17 bits per heavy atom. The van der Waals surface area contributed by atoms with E-state index in [9.17, 15) is 4.79 Å². The molecule has 1 aliphatic rings. The van der Waals surface area contributed by atoms with E-state index in [0.717, 1.165) is 12.8 Å². The van der Waals surface area contributed by atoms with E-state index in [2.05, 4.69) is 0 Å². The van der Waals surface area contributed by atoms with Gasteiger partial charge in [-0.25, -0.2) is 4.79 Å². The number of carbonyl (C=O) groups is 1. The third-order valence-corrected chi connectivity index (χ3v) is 3.47. The molecule has 0 saturated heterocycles. The van der Waals surface area contributed by atoms with Gasteiger partial charge in [-0.3, -0.25) is 0 Å². The van der Waals surface area contributed by atoms with Gasteiger partial charge in [0.15, 0.2) is 0 Å². The van der Waals surface area contributed by atoms with Crippen LogP contribution in [-0.2, 0) is 4.74 Å². The molecule has 0 radical (unpaired) electrons.